The second kappa shape index (κ2) is 13.3. The van der Waals surface area contributed by atoms with Crippen LogP contribution < -0.4 is 4.90 Å². The van der Waals surface area contributed by atoms with Crippen LogP contribution in [0.2, 0.25) is 18.6 Å². The predicted molar refractivity (Wildman–Crippen MR) is 225 cm³/mol. The van der Waals surface area contributed by atoms with E-state index in [1.54, 1.807) is 5.57 Å². The molecule has 2 nitrogen and oxygen atoms in total. The van der Waals surface area contributed by atoms with Crippen LogP contribution in [0.4, 0.5) is 17.1 Å². The Balaban J connectivity index is 1.26. The summed E-state index contributed by atoms with van der Waals surface area (Å²) in [7, 11) is -1.99. The van der Waals surface area contributed by atoms with Gasteiger partial charge in [0.2, 0.25) is 0 Å². The van der Waals surface area contributed by atoms with Crippen molar-refractivity contribution in [1.29, 1.82) is 0 Å². The van der Waals surface area contributed by atoms with Gasteiger partial charge in [-0.15, -0.1) is 0 Å². The maximum absolute atomic E-state index is 3.14. The molecule has 4 aliphatic rings. The third kappa shape index (κ3) is 5.87. The van der Waals surface area contributed by atoms with Crippen LogP contribution in [0.15, 0.2) is 127 Å². The Bertz CT molecular complexity index is 1910. The summed E-state index contributed by atoms with van der Waals surface area (Å²) < 4.78 is 3.14. The molecule has 0 N–H and O–H groups in total. The van der Waals surface area contributed by atoms with Gasteiger partial charge in [-0.25, -0.2) is 0 Å². The first kappa shape index (κ1) is 35.4. The second-order valence-electron chi connectivity index (χ2n) is 18.5. The van der Waals surface area contributed by atoms with E-state index >= 15 is 0 Å². The normalized spacial score (nSPS) is 25.6. The van der Waals surface area contributed by atoms with Crippen LogP contribution in [-0.4, -0.2) is 24.4 Å². The Morgan fingerprint density at radius 3 is 1.83 bits per heavy atom. The van der Waals surface area contributed by atoms with E-state index in [9.17, 15) is 0 Å². The fourth-order valence-electron chi connectivity index (χ4n) is 12.0. The van der Waals surface area contributed by atoms with Crippen molar-refractivity contribution < 1.29 is 0 Å². The maximum Gasteiger partial charge on any atom is 0.127 e. The highest BCUT2D eigenvalue weighted by molar-refractivity contribution is 6.76. The zero-order chi connectivity index (χ0) is 36.4. The Morgan fingerprint density at radius 2 is 1.25 bits per heavy atom. The standard InChI is InChI=1S/C49H60N2Si/c1-34-46(35-21-13-9-14-22-35)42-33-45-41(32-43(42)47(34)52(7,8)51(48(2,3)4)38-27-19-12-20-28-38)40-30-29-39(31-44(40)49(45,5)6)50(36-23-15-10-16-24-36)37-25-17-11-18-26-37/h9-11,13-18,21-26,29-34,38,42-43,46-47H,12,19-20,27-28H2,1-8H3. The molecule has 0 amide bonds. The second-order valence-corrected chi connectivity index (χ2v) is 22.9. The Labute approximate surface area is 315 Å². The molecule has 0 spiro atoms. The topological polar surface area (TPSA) is 6.48 Å². The number of hydrogen-bond donors (Lipinski definition) is 0. The Morgan fingerprint density at radius 1 is 0.673 bits per heavy atom. The molecule has 0 saturated heterocycles. The molecule has 4 aromatic rings. The molecule has 8 rings (SSSR count). The van der Waals surface area contributed by atoms with Crippen molar-refractivity contribution >= 4 is 30.9 Å². The van der Waals surface area contributed by atoms with Gasteiger partial charge in [-0.1, -0.05) is 138 Å². The predicted octanol–water partition coefficient (Wildman–Crippen LogP) is 13.4. The molecule has 2 saturated carbocycles. The average Bonchev–Trinajstić information content (AvgIpc) is 3.54. The summed E-state index contributed by atoms with van der Waals surface area (Å²) in [5, 5.41) is 0. The first-order chi connectivity index (χ1) is 24.9. The molecule has 5 unspecified atom stereocenters. The largest absolute Gasteiger partial charge is 0.316 e. The van der Waals surface area contributed by atoms with Gasteiger partial charge in [-0.05, 0) is 127 Å². The third-order valence-corrected chi connectivity index (χ3v) is 18.4. The van der Waals surface area contributed by atoms with E-state index in [-0.39, 0.29) is 11.0 Å². The number of para-hydroxylation sites is 2. The average molecular weight is 705 g/mol. The molecule has 0 heterocycles. The van der Waals surface area contributed by atoms with Crippen LogP contribution in [0.3, 0.4) is 0 Å². The first-order valence-corrected chi connectivity index (χ1v) is 23.3. The van der Waals surface area contributed by atoms with Gasteiger partial charge in [-0.3, -0.25) is 0 Å². The van der Waals surface area contributed by atoms with E-state index in [0.29, 0.717) is 35.3 Å². The summed E-state index contributed by atoms with van der Waals surface area (Å²) in [5.74, 6) is 2.15. The fourth-order valence-corrected chi connectivity index (χ4v) is 18.0. The highest BCUT2D eigenvalue weighted by atomic mass is 28.3. The maximum atomic E-state index is 3.14. The summed E-state index contributed by atoms with van der Waals surface area (Å²) in [6.07, 6.45) is 12.5. The van der Waals surface area contributed by atoms with E-state index in [0.717, 1.165) is 0 Å². The molecule has 0 aliphatic heterocycles. The molecule has 52 heavy (non-hydrogen) atoms. The summed E-state index contributed by atoms with van der Waals surface area (Å²) in [6.45, 7) is 20.7. The molecule has 270 valence electrons. The zero-order valence-corrected chi connectivity index (χ0v) is 33.9. The smallest absolute Gasteiger partial charge is 0.127 e. The van der Waals surface area contributed by atoms with Crippen molar-refractivity contribution in [1.82, 2.24) is 4.57 Å². The monoisotopic (exact) mass is 704 g/mol. The van der Waals surface area contributed by atoms with Gasteiger partial charge in [-0.2, -0.15) is 0 Å². The SMILES string of the molecule is CC1C(c2ccccc2)C2C=C3C(=CC2C1[Si](C)(C)N(C1CCCCC1)C(C)(C)C)c1ccc(N(c2ccccc2)c2ccccc2)cc1C3(C)C. The Kier molecular flexibility index (Phi) is 9.06. The number of benzene rings is 4. The molecular weight excluding hydrogens is 645 g/mol. The third-order valence-electron chi connectivity index (χ3n) is 13.6. The van der Waals surface area contributed by atoms with Crippen LogP contribution in [0.25, 0.3) is 5.57 Å². The van der Waals surface area contributed by atoms with Crippen LogP contribution >= 0.6 is 0 Å². The zero-order valence-electron chi connectivity index (χ0n) is 32.9. The minimum absolute atomic E-state index is 0.0871. The summed E-state index contributed by atoms with van der Waals surface area (Å²) in [6, 6.07) is 41.3. The number of anilines is 3. The molecule has 0 radical (unpaired) electrons. The van der Waals surface area contributed by atoms with Gasteiger partial charge in [0.05, 0.1) is 0 Å². The van der Waals surface area contributed by atoms with Gasteiger partial charge in [0, 0.05) is 34.1 Å². The molecule has 4 aromatic carbocycles. The van der Waals surface area contributed by atoms with E-state index in [1.807, 2.05) is 0 Å². The number of allylic oxidation sites excluding steroid dienone is 4. The quantitative estimate of drug-likeness (QED) is 0.177. The first-order valence-electron chi connectivity index (χ1n) is 20.2. The van der Waals surface area contributed by atoms with Crippen molar-refractivity contribution in [2.45, 2.75) is 115 Å². The summed E-state index contributed by atoms with van der Waals surface area (Å²) >= 11 is 0. The number of fused-ring (bicyclic) bond motifs is 4. The van der Waals surface area contributed by atoms with Crippen molar-refractivity contribution in [3.8, 4) is 0 Å². The minimum atomic E-state index is -1.99. The van der Waals surface area contributed by atoms with Crippen LogP contribution in [0.5, 0.6) is 0 Å². The van der Waals surface area contributed by atoms with Crippen LogP contribution in [0.1, 0.15) is 96.3 Å². The molecule has 0 bridgehead atoms. The van der Waals surface area contributed by atoms with Gasteiger partial charge in [0.1, 0.15) is 8.24 Å². The highest BCUT2D eigenvalue weighted by Gasteiger charge is 2.59. The van der Waals surface area contributed by atoms with Crippen LogP contribution in [-0.2, 0) is 5.41 Å². The van der Waals surface area contributed by atoms with Gasteiger partial charge in [0.25, 0.3) is 0 Å². The lowest BCUT2D eigenvalue weighted by molar-refractivity contribution is 0.138. The summed E-state index contributed by atoms with van der Waals surface area (Å²) in [5.41, 5.74) is 11.8. The van der Waals surface area contributed by atoms with Gasteiger partial charge < -0.3 is 9.47 Å². The number of nitrogens with zero attached hydrogens (tertiary/aromatic N) is 2. The van der Waals surface area contributed by atoms with E-state index < -0.39 is 8.24 Å². The number of rotatable bonds is 7. The van der Waals surface area contributed by atoms with Crippen molar-refractivity contribution in [3.05, 3.63) is 144 Å². The molecule has 4 aliphatic carbocycles. The number of hydrogen-bond acceptors (Lipinski definition) is 2. The molecule has 3 heteroatoms. The molecule has 0 aromatic heterocycles. The van der Waals surface area contributed by atoms with E-state index in [2.05, 4.69) is 185 Å². The van der Waals surface area contributed by atoms with Gasteiger partial charge >= 0.3 is 0 Å². The lowest BCUT2D eigenvalue weighted by Gasteiger charge is -2.56. The van der Waals surface area contributed by atoms with Crippen molar-refractivity contribution in [2.75, 3.05) is 4.90 Å². The molecular formula is C49H60N2Si. The minimum Gasteiger partial charge on any atom is -0.316 e. The molecule has 2 fully saturated rings. The lowest BCUT2D eigenvalue weighted by atomic mass is 9.73. The van der Waals surface area contributed by atoms with Gasteiger partial charge in [0.15, 0.2) is 0 Å². The summed E-state index contributed by atoms with van der Waals surface area (Å²) in [4.78, 5) is 2.42. The highest BCUT2D eigenvalue weighted by Crippen LogP contribution is 2.65. The lowest BCUT2D eigenvalue weighted by Crippen LogP contribution is -2.65. The van der Waals surface area contributed by atoms with Crippen molar-refractivity contribution in [3.63, 3.8) is 0 Å². The Hall–Kier alpha value is -3.66. The van der Waals surface area contributed by atoms with Crippen LogP contribution in [0, 0.1) is 17.8 Å². The fraction of sp³-hybridized carbons (Fsp3) is 0.429. The van der Waals surface area contributed by atoms with E-state index in [1.165, 1.54) is 71.4 Å². The molecule has 5 atom stereocenters. The van der Waals surface area contributed by atoms with E-state index in [4.69, 9.17) is 0 Å². The van der Waals surface area contributed by atoms with Crippen molar-refractivity contribution in [2.24, 2.45) is 17.8 Å².